The third-order valence-electron chi connectivity index (χ3n) is 1.95. The van der Waals surface area contributed by atoms with Gasteiger partial charge in [-0.15, -0.1) is 0 Å². The molecule has 0 saturated heterocycles. The minimum Gasteiger partial charge on any atom is -0.396 e. The van der Waals surface area contributed by atoms with Crippen LogP contribution in [0.4, 0.5) is 0 Å². The number of carbonyl (C=O) groups is 1. The summed E-state index contributed by atoms with van der Waals surface area (Å²) in [5.41, 5.74) is 5.36. The second-order valence-electron chi connectivity index (χ2n) is 3.10. The minimum atomic E-state index is -0.0736. The number of nitrogens with two attached hydrogens (primary N) is 1. The number of carbonyl (C=O) groups excluding carboxylic acids is 1. The smallest absolute Gasteiger partial charge is 0.245 e. The predicted molar refractivity (Wildman–Crippen MR) is 56.8 cm³/mol. The standard InChI is InChI=1S/C10H20N2O2/c1-2-10(14)12(8-5-9-13)7-4-3-6-11/h2,13H,1,3-9,11H2. The molecule has 0 aliphatic heterocycles. The zero-order valence-corrected chi connectivity index (χ0v) is 8.61. The third kappa shape index (κ3) is 5.72. The Morgan fingerprint density at radius 2 is 2.00 bits per heavy atom. The second kappa shape index (κ2) is 8.72. The van der Waals surface area contributed by atoms with Gasteiger partial charge in [0, 0.05) is 19.7 Å². The SMILES string of the molecule is C=CC(=O)N(CCCO)CCCCN. The zero-order chi connectivity index (χ0) is 10.8. The summed E-state index contributed by atoms with van der Waals surface area (Å²) < 4.78 is 0. The first-order valence-electron chi connectivity index (χ1n) is 4.98. The lowest BCUT2D eigenvalue weighted by Crippen LogP contribution is -2.32. The van der Waals surface area contributed by atoms with Crippen molar-refractivity contribution in [2.75, 3.05) is 26.2 Å². The Morgan fingerprint density at radius 3 is 2.50 bits per heavy atom. The van der Waals surface area contributed by atoms with Crippen LogP contribution in [0, 0.1) is 0 Å². The van der Waals surface area contributed by atoms with E-state index in [-0.39, 0.29) is 12.5 Å². The highest BCUT2D eigenvalue weighted by Gasteiger charge is 2.08. The van der Waals surface area contributed by atoms with Gasteiger partial charge >= 0.3 is 0 Å². The van der Waals surface area contributed by atoms with Gasteiger partial charge in [-0.1, -0.05) is 6.58 Å². The lowest BCUT2D eigenvalue weighted by atomic mass is 10.2. The van der Waals surface area contributed by atoms with Gasteiger partial charge in [0.15, 0.2) is 0 Å². The molecule has 0 aromatic carbocycles. The van der Waals surface area contributed by atoms with Gasteiger partial charge in [-0.05, 0) is 31.9 Å². The minimum absolute atomic E-state index is 0.0736. The zero-order valence-electron chi connectivity index (χ0n) is 8.61. The summed E-state index contributed by atoms with van der Waals surface area (Å²) in [5.74, 6) is -0.0736. The van der Waals surface area contributed by atoms with Crippen molar-refractivity contribution < 1.29 is 9.90 Å². The van der Waals surface area contributed by atoms with E-state index in [9.17, 15) is 4.79 Å². The number of hydrogen-bond acceptors (Lipinski definition) is 3. The summed E-state index contributed by atoms with van der Waals surface area (Å²) in [6.45, 7) is 5.48. The van der Waals surface area contributed by atoms with Crippen LogP contribution in [0.15, 0.2) is 12.7 Å². The average Bonchev–Trinajstić information content (AvgIpc) is 2.22. The molecule has 0 aromatic rings. The number of unbranched alkanes of at least 4 members (excludes halogenated alkanes) is 1. The normalized spacial score (nSPS) is 9.86. The van der Waals surface area contributed by atoms with E-state index in [1.807, 2.05) is 0 Å². The van der Waals surface area contributed by atoms with Crippen molar-refractivity contribution in [2.45, 2.75) is 19.3 Å². The van der Waals surface area contributed by atoms with E-state index >= 15 is 0 Å². The highest BCUT2D eigenvalue weighted by Crippen LogP contribution is 1.98. The fraction of sp³-hybridized carbons (Fsp3) is 0.700. The molecule has 82 valence electrons. The highest BCUT2D eigenvalue weighted by molar-refractivity contribution is 5.86. The lowest BCUT2D eigenvalue weighted by molar-refractivity contribution is -0.126. The molecule has 0 heterocycles. The molecule has 0 fully saturated rings. The molecule has 1 amide bonds. The first kappa shape index (κ1) is 13.1. The summed E-state index contributed by atoms with van der Waals surface area (Å²) in [6, 6.07) is 0. The first-order chi connectivity index (χ1) is 6.76. The summed E-state index contributed by atoms with van der Waals surface area (Å²) in [7, 11) is 0. The molecule has 0 bridgehead atoms. The van der Waals surface area contributed by atoms with E-state index in [1.165, 1.54) is 6.08 Å². The van der Waals surface area contributed by atoms with Gasteiger partial charge in [0.25, 0.3) is 0 Å². The van der Waals surface area contributed by atoms with Crippen LogP contribution in [0.1, 0.15) is 19.3 Å². The summed E-state index contributed by atoms with van der Waals surface area (Å²) in [4.78, 5) is 13.0. The maximum absolute atomic E-state index is 11.3. The van der Waals surface area contributed by atoms with Crippen molar-refractivity contribution in [3.05, 3.63) is 12.7 Å². The van der Waals surface area contributed by atoms with Gasteiger partial charge in [0.2, 0.25) is 5.91 Å². The van der Waals surface area contributed by atoms with E-state index in [0.29, 0.717) is 26.1 Å². The second-order valence-corrected chi connectivity index (χ2v) is 3.10. The maximum Gasteiger partial charge on any atom is 0.245 e. The average molecular weight is 200 g/mol. The Kier molecular flexibility index (Phi) is 8.17. The maximum atomic E-state index is 11.3. The molecule has 0 spiro atoms. The molecule has 0 rings (SSSR count). The van der Waals surface area contributed by atoms with Crippen LogP contribution in [-0.4, -0.2) is 42.2 Å². The molecule has 0 saturated carbocycles. The Morgan fingerprint density at radius 1 is 1.36 bits per heavy atom. The Labute approximate surface area is 85.4 Å². The van der Waals surface area contributed by atoms with E-state index in [0.717, 1.165) is 12.8 Å². The molecule has 0 aromatic heterocycles. The van der Waals surface area contributed by atoms with E-state index in [1.54, 1.807) is 4.90 Å². The van der Waals surface area contributed by atoms with E-state index in [2.05, 4.69) is 6.58 Å². The monoisotopic (exact) mass is 200 g/mol. The summed E-state index contributed by atoms with van der Waals surface area (Å²) in [6.07, 6.45) is 3.74. The number of nitrogens with zero attached hydrogens (tertiary/aromatic N) is 1. The summed E-state index contributed by atoms with van der Waals surface area (Å²) in [5, 5.41) is 8.66. The largest absolute Gasteiger partial charge is 0.396 e. The third-order valence-corrected chi connectivity index (χ3v) is 1.95. The molecular weight excluding hydrogens is 180 g/mol. The van der Waals surface area contributed by atoms with Crippen LogP contribution in [0.2, 0.25) is 0 Å². The van der Waals surface area contributed by atoms with Gasteiger partial charge < -0.3 is 15.7 Å². The van der Waals surface area contributed by atoms with Gasteiger partial charge in [0.05, 0.1) is 0 Å². The molecule has 14 heavy (non-hydrogen) atoms. The van der Waals surface area contributed by atoms with Crippen molar-refractivity contribution in [1.82, 2.24) is 4.90 Å². The van der Waals surface area contributed by atoms with Crippen LogP contribution in [-0.2, 0) is 4.79 Å². The van der Waals surface area contributed by atoms with Gasteiger partial charge in [-0.2, -0.15) is 0 Å². The van der Waals surface area contributed by atoms with Crippen molar-refractivity contribution in [3.63, 3.8) is 0 Å². The fourth-order valence-corrected chi connectivity index (χ4v) is 1.17. The number of aliphatic hydroxyl groups is 1. The quantitative estimate of drug-likeness (QED) is 0.432. The fourth-order valence-electron chi connectivity index (χ4n) is 1.17. The predicted octanol–water partition coefficient (Wildman–Crippen LogP) is 0.122. The number of aliphatic hydroxyl groups excluding tert-OH is 1. The highest BCUT2D eigenvalue weighted by atomic mass is 16.3. The van der Waals surface area contributed by atoms with Crippen LogP contribution in [0.5, 0.6) is 0 Å². The molecule has 3 N–H and O–H groups in total. The van der Waals surface area contributed by atoms with Crippen molar-refractivity contribution in [3.8, 4) is 0 Å². The van der Waals surface area contributed by atoms with Crippen molar-refractivity contribution >= 4 is 5.91 Å². The molecule has 4 heteroatoms. The molecule has 0 aliphatic carbocycles. The van der Waals surface area contributed by atoms with Crippen LogP contribution in [0.3, 0.4) is 0 Å². The molecule has 0 unspecified atom stereocenters. The van der Waals surface area contributed by atoms with Gasteiger partial charge in [-0.25, -0.2) is 0 Å². The van der Waals surface area contributed by atoms with Crippen molar-refractivity contribution in [2.24, 2.45) is 5.73 Å². The van der Waals surface area contributed by atoms with Crippen LogP contribution < -0.4 is 5.73 Å². The number of hydrogen-bond donors (Lipinski definition) is 2. The Hall–Kier alpha value is -0.870. The Bertz CT molecular complexity index is 172. The van der Waals surface area contributed by atoms with Gasteiger partial charge in [0.1, 0.15) is 0 Å². The lowest BCUT2D eigenvalue weighted by Gasteiger charge is -2.20. The van der Waals surface area contributed by atoms with E-state index < -0.39 is 0 Å². The van der Waals surface area contributed by atoms with E-state index in [4.69, 9.17) is 10.8 Å². The molecule has 4 nitrogen and oxygen atoms in total. The summed E-state index contributed by atoms with van der Waals surface area (Å²) >= 11 is 0. The van der Waals surface area contributed by atoms with Crippen LogP contribution >= 0.6 is 0 Å². The molecule has 0 aliphatic rings. The number of amides is 1. The van der Waals surface area contributed by atoms with Crippen LogP contribution in [0.25, 0.3) is 0 Å². The van der Waals surface area contributed by atoms with Crippen molar-refractivity contribution in [1.29, 1.82) is 0 Å². The Balaban J connectivity index is 3.84. The molecule has 0 radical (unpaired) electrons. The molecule has 0 atom stereocenters. The number of rotatable bonds is 8. The molecular formula is C10H20N2O2. The first-order valence-corrected chi connectivity index (χ1v) is 4.98. The van der Waals surface area contributed by atoms with Gasteiger partial charge in [-0.3, -0.25) is 4.79 Å². The topological polar surface area (TPSA) is 66.6 Å².